The molecule has 2 atom stereocenters. The van der Waals surface area contributed by atoms with Crippen LogP contribution in [0.25, 0.3) is 0 Å². The predicted octanol–water partition coefficient (Wildman–Crippen LogP) is 5.20. The highest BCUT2D eigenvalue weighted by Gasteiger charge is 2.79. The van der Waals surface area contributed by atoms with Crippen molar-refractivity contribution in [3.05, 3.63) is 102 Å². The molecule has 0 aromatic heterocycles. The lowest BCUT2D eigenvalue weighted by atomic mass is 9.75. The molecule has 1 aliphatic carbocycles. The predicted molar refractivity (Wildman–Crippen MR) is 121 cm³/mol. The maximum absolute atomic E-state index is 13.9. The largest absolute Gasteiger partial charge is 0.325 e. The van der Waals surface area contributed by atoms with Gasteiger partial charge in [-0.3, -0.25) is 14.4 Å². The number of nitrogens with one attached hydrogen (secondary N) is 1. The smallest absolute Gasteiger partial charge is 0.239 e. The minimum absolute atomic E-state index is 0.0654. The molecule has 0 saturated heterocycles. The number of anilines is 1. The van der Waals surface area contributed by atoms with E-state index in [0.717, 1.165) is 0 Å². The second kappa shape index (κ2) is 8.15. The van der Waals surface area contributed by atoms with Gasteiger partial charge in [0.2, 0.25) is 5.91 Å². The van der Waals surface area contributed by atoms with Crippen molar-refractivity contribution < 1.29 is 18.8 Å². The maximum atomic E-state index is 13.9. The number of benzene rings is 3. The molecule has 162 valence electrons. The van der Waals surface area contributed by atoms with Crippen molar-refractivity contribution in [2.45, 2.75) is 25.7 Å². The lowest BCUT2D eigenvalue weighted by molar-refractivity contribution is -0.135. The van der Waals surface area contributed by atoms with E-state index in [9.17, 15) is 18.8 Å². The molecule has 0 bridgehead atoms. The summed E-state index contributed by atoms with van der Waals surface area (Å²) in [5.41, 5.74) is -1.49. The molecule has 3 aromatic carbocycles. The number of amides is 1. The number of halogens is 1. The van der Waals surface area contributed by atoms with E-state index in [1.165, 1.54) is 24.3 Å². The zero-order valence-corrected chi connectivity index (χ0v) is 18.0. The van der Waals surface area contributed by atoms with Crippen molar-refractivity contribution in [2.24, 2.45) is 11.3 Å². The third kappa shape index (κ3) is 3.34. The lowest BCUT2D eigenvalue weighted by Gasteiger charge is -2.26. The van der Waals surface area contributed by atoms with Crippen molar-refractivity contribution in [3.8, 4) is 0 Å². The van der Waals surface area contributed by atoms with Crippen molar-refractivity contribution >= 4 is 23.2 Å². The van der Waals surface area contributed by atoms with E-state index < -0.39 is 28.5 Å². The standard InChI is InChI=1S/C27H24FNO3/c1-18(2)23(30)27(25(32)29-22-11-7-4-8-12-22)17-26(27,20-9-5-3-6-10-20)24(31)19-13-15-21(28)16-14-19/h3-16,18H,17H2,1-2H3,(H,29,32). The molecule has 2 unspecified atom stereocenters. The summed E-state index contributed by atoms with van der Waals surface area (Å²) in [6, 6.07) is 23.0. The molecule has 1 N–H and O–H groups in total. The van der Waals surface area contributed by atoms with Crippen molar-refractivity contribution in [3.63, 3.8) is 0 Å². The topological polar surface area (TPSA) is 63.2 Å². The molecule has 0 aliphatic heterocycles. The van der Waals surface area contributed by atoms with Gasteiger partial charge in [0.05, 0.1) is 5.41 Å². The molecule has 1 fully saturated rings. The molecule has 4 nitrogen and oxygen atoms in total. The van der Waals surface area contributed by atoms with Crippen molar-refractivity contribution in [1.82, 2.24) is 0 Å². The Hall–Kier alpha value is -3.60. The summed E-state index contributed by atoms with van der Waals surface area (Å²) in [6.07, 6.45) is 0.0654. The monoisotopic (exact) mass is 429 g/mol. The zero-order valence-electron chi connectivity index (χ0n) is 18.0. The zero-order chi connectivity index (χ0) is 22.9. The van der Waals surface area contributed by atoms with Gasteiger partial charge in [-0.05, 0) is 48.4 Å². The van der Waals surface area contributed by atoms with Crippen LogP contribution in [0.3, 0.4) is 0 Å². The Kier molecular flexibility index (Phi) is 5.51. The molecule has 0 heterocycles. The maximum Gasteiger partial charge on any atom is 0.239 e. The van der Waals surface area contributed by atoms with Crippen LogP contribution in [-0.2, 0) is 15.0 Å². The van der Waals surface area contributed by atoms with Crippen LogP contribution in [0.4, 0.5) is 10.1 Å². The molecule has 3 aromatic rings. The first-order valence-corrected chi connectivity index (χ1v) is 10.6. The highest BCUT2D eigenvalue weighted by atomic mass is 19.1. The van der Waals surface area contributed by atoms with E-state index in [1.54, 1.807) is 62.4 Å². The van der Waals surface area contributed by atoms with Gasteiger partial charge < -0.3 is 5.32 Å². The summed E-state index contributed by atoms with van der Waals surface area (Å²) in [5.74, 6) is -2.06. The molecule has 1 aliphatic rings. The lowest BCUT2D eigenvalue weighted by Crippen LogP contribution is -2.43. The summed E-state index contributed by atoms with van der Waals surface area (Å²) in [6.45, 7) is 3.46. The fourth-order valence-corrected chi connectivity index (χ4v) is 4.61. The summed E-state index contributed by atoms with van der Waals surface area (Å²) in [5, 5.41) is 2.85. The molecular formula is C27H24FNO3. The van der Waals surface area contributed by atoms with Crippen molar-refractivity contribution in [2.75, 3.05) is 5.32 Å². The average molecular weight is 429 g/mol. The number of ketones is 2. The number of para-hydroxylation sites is 1. The number of rotatable bonds is 7. The molecule has 4 rings (SSSR count). The number of hydrogen-bond acceptors (Lipinski definition) is 3. The van der Waals surface area contributed by atoms with Gasteiger partial charge in [-0.2, -0.15) is 0 Å². The van der Waals surface area contributed by atoms with Gasteiger partial charge in [0, 0.05) is 17.2 Å². The van der Waals surface area contributed by atoms with Gasteiger partial charge in [-0.25, -0.2) is 4.39 Å². The Labute approximate surface area is 186 Å². The Morgan fingerprint density at radius 3 is 1.97 bits per heavy atom. The van der Waals surface area contributed by atoms with Crippen LogP contribution in [0.1, 0.15) is 36.2 Å². The first kappa shape index (κ1) is 21.6. The van der Waals surface area contributed by atoms with Gasteiger partial charge in [0.15, 0.2) is 11.6 Å². The van der Waals surface area contributed by atoms with Crippen LogP contribution in [0, 0.1) is 17.2 Å². The number of Topliss-reactive ketones (excluding diaryl/α,β-unsaturated/α-hetero) is 2. The molecule has 1 saturated carbocycles. The highest BCUT2D eigenvalue weighted by molar-refractivity contribution is 6.25. The van der Waals surface area contributed by atoms with Crippen LogP contribution in [-0.4, -0.2) is 17.5 Å². The average Bonchev–Trinajstić information content (AvgIpc) is 3.52. The number of carbonyl (C=O) groups is 3. The third-order valence-corrected chi connectivity index (χ3v) is 6.26. The molecular weight excluding hydrogens is 405 g/mol. The third-order valence-electron chi connectivity index (χ3n) is 6.26. The fourth-order valence-electron chi connectivity index (χ4n) is 4.61. The van der Waals surface area contributed by atoms with Gasteiger partial charge >= 0.3 is 0 Å². The summed E-state index contributed by atoms with van der Waals surface area (Å²) < 4.78 is 13.5. The summed E-state index contributed by atoms with van der Waals surface area (Å²) in [7, 11) is 0. The second-order valence-electron chi connectivity index (χ2n) is 8.53. The Bertz CT molecular complexity index is 1160. The molecule has 0 radical (unpaired) electrons. The summed E-state index contributed by atoms with van der Waals surface area (Å²) >= 11 is 0. The molecule has 1 amide bonds. The number of hydrogen-bond donors (Lipinski definition) is 1. The quantitative estimate of drug-likeness (QED) is 0.415. The first-order valence-electron chi connectivity index (χ1n) is 10.6. The van der Waals surface area contributed by atoms with Gasteiger partial charge in [-0.15, -0.1) is 0 Å². The van der Waals surface area contributed by atoms with Crippen LogP contribution in [0.5, 0.6) is 0 Å². The first-order chi connectivity index (χ1) is 15.3. The fraction of sp³-hybridized carbons (Fsp3) is 0.222. The van der Waals surface area contributed by atoms with E-state index in [2.05, 4.69) is 5.32 Å². The SMILES string of the molecule is CC(C)C(=O)C1(C(=O)Nc2ccccc2)CC1(C(=O)c1ccc(F)cc1)c1ccccc1. The van der Waals surface area contributed by atoms with Crippen LogP contribution in [0.2, 0.25) is 0 Å². The Balaban J connectivity index is 1.87. The molecule has 0 spiro atoms. The van der Waals surface area contributed by atoms with Crippen LogP contribution < -0.4 is 5.32 Å². The van der Waals surface area contributed by atoms with E-state index in [1.807, 2.05) is 12.1 Å². The van der Waals surface area contributed by atoms with E-state index in [4.69, 9.17) is 0 Å². The second-order valence-corrected chi connectivity index (χ2v) is 8.53. The molecule has 5 heteroatoms. The van der Waals surface area contributed by atoms with Crippen LogP contribution >= 0.6 is 0 Å². The van der Waals surface area contributed by atoms with E-state index >= 15 is 0 Å². The molecule has 32 heavy (non-hydrogen) atoms. The van der Waals surface area contributed by atoms with Crippen LogP contribution in [0.15, 0.2) is 84.9 Å². The van der Waals surface area contributed by atoms with E-state index in [0.29, 0.717) is 11.3 Å². The van der Waals surface area contributed by atoms with Gasteiger partial charge in [-0.1, -0.05) is 62.4 Å². The highest BCUT2D eigenvalue weighted by Crippen LogP contribution is 2.67. The van der Waals surface area contributed by atoms with Crippen molar-refractivity contribution in [1.29, 1.82) is 0 Å². The minimum Gasteiger partial charge on any atom is -0.325 e. The van der Waals surface area contributed by atoms with Gasteiger partial charge in [0.1, 0.15) is 11.2 Å². The normalized spacial score (nSPS) is 21.8. The Morgan fingerprint density at radius 1 is 0.844 bits per heavy atom. The summed E-state index contributed by atoms with van der Waals surface area (Å²) in [4.78, 5) is 41.1. The van der Waals surface area contributed by atoms with Gasteiger partial charge in [0.25, 0.3) is 0 Å². The minimum atomic E-state index is -1.55. The Morgan fingerprint density at radius 2 is 1.41 bits per heavy atom. The van der Waals surface area contributed by atoms with E-state index in [-0.39, 0.29) is 23.6 Å². The number of carbonyl (C=O) groups excluding carboxylic acids is 3.